The number of hydrogen-bond donors (Lipinski definition) is 2. The molecule has 1 aliphatic heterocycles. The van der Waals surface area contributed by atoms with Gasteiger partial charge in [0.2, 0.25) is 0 Å². The summed E-state index contributed by atoms with van der Waals surface area (Å²) in [6.45, 7) is 2.58. The van der Waals surface area contributed by atoms with Crippen LogP contribution < -0.4 is 5.73 Å². The zero-order valence-corrected chi connectivity index (χ0v) is 13.0. The van der Waals surface area contributed by atoms with Crippen molar-refractivity contribution >= 4 is 6.09 Å². The number of piperidine rings is 1. The van der Waals surface area contributed by atoms with Crippen molar-refractivity contribution in [3.05, 3.63) is 35.9 Å². The zero-order valence-electron chi connectivity index (χ0n) is 13.0. The van der Waals surface area contributed by atoms with Crippen LogP contribution in [0.3, 0.4) is 0 Å². The van der Waals surface area contributed by atoms with Gasteiger partial charge in [0, 0.05) is 25.7 Å². The molecule has 1 aliphatic rings. The van der Waals surface area contributed by atoms with Gasteiger partial charge in [-0.1, -0.05) is 30.3 Å². The number of rotatable bonds is 7. The summed E-state index contributed by atoms with van der Waals surface area (Å²) in [6.07, 6.45) is 2.82. The van der Waals surface area contributed by atoms with Crippen molar-refractivity contribution in [1.29, 1.82) is 0 Å². The Labute approximate surface area is 132 Å². The Morgan fingerprint density at radius 3 is 2.64 bits per heavy atom. The van der Waals surface area contributed by atoms with E-state index in [0.717, 1.165) is 32.3 Å². The maximum atomic E-state index is 10.9. The molecule has 1 aromatic rings. The molecule has 1 saturated heterocycles. The average Bonchev–Trinajstić information content (AvgIpc) is 2.55. The number of carbonyl (C=O) groups is 1. The summed E-state index contributed by atoms with van der Waals surface area (Å²) < 4.78 is 5.66. The Morgan fingerprint density at radius 2 is 2.00 bits per heavy atom. The van der Waals surface area contributed by atoms with E-state index in [-0.39, 0.29) is 6.04 Å². The van der Waals surface area contributed by atoms with Gasteiger partial charge < -0.3 is 20.5 Å². The van der Waals surface area contributed by atoms with Gasteiger partial charge in [-0.15, -0.1) is 0 Å². The average molecular weight is 306 g/mol. The fraction of sp³-hybridized carbons (Fsp3) is 0.588. The molecule has 122 valence electrons. The van der Waals surface area contributed by atoms with Gasteiger partial charge in [-0.2, -0.15) is 0 Å². The van der Waals surface area contributed by atoms with Gasteiger partial charge in [-0.25, -0.2) is 4.79 Å². The number of amides is 1. The smallest absolute Gasteiger partial charge is 0.407 e. The lowest BCUT2D eigenvalue weighted by Crippen LogP contribution is -2.43. The minimum absolute atomic E-state index is 0.149. The number of hydrogen-bond acceptors (Lipinski definition) is 3. The molecule has 1 aromatic carbocycles. The second kappa shape index (κ2) is 8.76. The largest absolute Gasteiger partial charge is 0.465 e. The van der Waals surface area contributed by atoms with Crippen molar-refractivity contribution in [2.45, 2.75) is 38.3 Å². The molecule has 0 spiro atoms. The molecule has 0 bridgehead atoms. The molecule has 1 fully saturated rings. The SMILES string of the molecule is NC(CCCOCc1ccccc1)C1CCN(C(=O)O)CC1. The molecule has 0 saturated carbocycles. The zero-order chi connectivity index (χ0) is 15.8. The van der Waals surface area contributed by atoms with E-state index in [9.17, 15) is 4.79 Å². The minimum atomic E-state index is -0.818. The Kier molecular flexibility index (Phi) is 6.68. The minimum Gasteiger partial charge on any atom is -0.465 e. The summed E-state index contributed by atoms with van der Waals surface area (Å²) in [4.78, 5) is 12.3. The first-order valence-corrected chi connectivity index (χ1v) is 8.02. The van der Waals surface area contributed by atoms with Crippen molar-refractivity contribution in [2.75, 3.05) is 19.7 Å². The van der Waals surface area contributed by atoms with Crippen LogP contribution in [0.25, 0.3) is 0 Å². The van der Waals surface area contributed by atoms with E-state index in [4.69, 9.17) is 15.6 Å². The highest BCUT2D eigenvalue weighted by atomic mass is 16.5. The van der Waals surface area contributed by atoms with Crippen molar-refractivity contribution < 1.29 is 14.6 Å². The van der Waals surface area contributed by atoms with Crippen LogP contribution in [0.15, 0.2) is 30.3 Å². The monoisotopic (exact) mass is 306 g/mol. The number of ether oxygens (including phenoxy) is 1. The van der Waals surface area contributed by atoms with Gasteiger partial charge in [-0.05, 0) is 37.2 Å². The van der Waals surface area contributed by atoms with Crippen LogP contribution in [0.5, 0.6) is 0 Å². The van der Waals surface area contributed by atoms with Crippen LogP contribution in [-0.4, -0.2) is 41.8 Å². The second-order valence-electron chi connectivity index (χ2n) is 5.95. The van der Waals surface area contributed by atoms with Crippen LogP contribution in [0.1, 0.15) is 31.2 Å². The molecule has 22 heavy (non-hydrogen) atoms. The lowest BCUT2D eigenvalue weighted by atomic mass is 9.88. The molecule has 0 aliphatic carbocycles. The molecular weight excluding hydrogens is 280 g/mol. The number of carboxylic acid groups (broad SMARTS) is 1. The van der Waals surface area contributed by atoms with Crippen LogP contribution in [-0.2, 0) is 11.3 Å². The lowest BCUT2D eigenvalue weighted by Gasteiger charge is -2.33. The van der Waals surface area contributed by atoms with E-state index in [1.54, 1.807) is 0 Å². The fourth-order valence-electron chi connectivity index (χ4n) is 2.94. The van der Waals surface area contributed by atoms with Crippen LogP contribution >= 0.6 is 0 Å². The highest BCUT2D eigenvalue weighted by Gasteiger charge is 2.25. The van der Waals surface area contributed by atoms with Crippen molar-refractivity contribution in [3.8, 4) is 0 Å². The highest BCUT2D eigenvalue weighted by molar-refractivity contribution is 5.64. The third-order valence-corrected chi connectivity index (χ3v) is 4.35. The molecule has 1 atom stereocenters. The first kappa shape index (κ1) is 16.8. The standard InChI is InChI=1S/C17H26N2O3/c18-16(15-8-10-19(11-9-15)17(20)21)7-4-12-22-13-14-5-2-1-3-6-14/h1-3,5-6,15-16H,4,7-13,18H2,(H,20,21). The van der Waals surface area contributed by atoms with E-state index >= 15 is 0 Å². The van der Waals surface area contributed by atoms with E-state index in [1.165, 1.54) is 10.5 Å². The summed E-state index contributed by atoms with van der Waals surface area (Å²) in [7, 11) is 0. The number of benzene rings is 1. The normalized spacial score (nSPS) is 17.4. The molecule has 0 radical (unpaired) electrons. The molecule has 5 nitrogen and oxygen atoms in total. The topological polar surface area (TPSA) is 75.8 Å². The maximum absolute atomic E-state index is 10.9. The van der Waals surface area contributed by atoms with Crippen molar-refractivity contribution in [2.24, 2.45) is 11.7 Å². The van der Waals surface area contributed by atoms with Crippen molar-refractivity contribution in [3.63, 3.8) is 0 Å². The summed E-state index contributed by atoms with van der Waals surface area (Å²) in [5.74, 6) is 0.435. The van der Waals surface area contributed by atoms with E-state index in [0.29, 0.717) is 25.6 Å². The third-order valence-electron chi connectivity index (χ3n) is 4.35. The molecule has 3 N–H and O–H groups in total. The van der Waals surface area contributed by atoms with Crippen LogP contribution in [0.2, 0.25) is 0 Å². The predicted molar refractivity (Wildman–Crippen MR) is 85.6 cm³/mol. The summed E-state index contributed by atoms with van der Waals surface area (Å²) in [6, 6.07) is 10.3. The van der Waals surface area contributed by atoms with Crippen molar-refractivity contribution in [1.82, 2.24) is 4.90 Å². The van der Waals surface area contributed by atoms with Crippen LogP contribution in [0, 0.1) is 5.92 Å². The summed E-state index contributed by atoms with van der Waals surface area (Å²) >= 11 is 0. The number of likely N-dealkylation sites (tertiary alicyclic amines) is 1. The molecule has 5 heteroatoms. The quantitative estimate of drug-likeness (QED) is 0.759. The predicted octanol–water partition coefficient (Wildman–Crippen LogP) is 2.70. The second-order valence-corrected chi connectivity index (χ2v) is 5.95. The van der Waals surface area contributed by atoms with Gasteiger partial charge in [0.1, 0.15) is 0 Å². The maximum Gasteiger partial charge on any atom is 0.407 e. The third kappa shape index (κ3) is 5.31. The summed E-state index contributed by atoms with van der Waals surface area (Å²) in [5, 5.41) is 8.94. The molecule has 2 rings (SSSR count). The molecule has 1 heterocycles. The molecule has 1 amide bonds. The number of nitrogens with two attached hydrogens (primary N) is 1. The Balaban J connectivity index is 1.56. The molecular formula is C17H26N2O3. The first-order valence-electron chi connectivity index (χ1n) is 8.02. The van der Waals surface area contributed by atoms with E-state index < -0.39 is 6.09 Å². The van der Waals surface area contributed by atoms with Gasteiger partial charge in [0.05, 0.1) is 6.61 Å². The van der Waals surface area contributed by atoms with Gasteiger partial charge >= 0.3 is 6.09 Å². The fourth-order valence-corrected chi connectivity index (χ4v) is 2.94. The Hall–Kier alpha value is -1.59. The number of nitrogens with zero attached hydrogens (tertiary/aromatic N) is 1. The Bertz CT molecular complexity index is 444. The summed E-state index contributed by atoms with van der Waals surface area (Å²) in [5.41, 5.74) is 7.43. The molecule has 1 unspecified atom stereocenters. The first-order chi connectivity index (χ1) is 10.7. The van der Waals surface area contributed by atoms with Gasteiger partial charge in [0.25, 0.3) is 0 Å². The molecule has 0 aromatic heterocycles. The lowest BCUT2D eigenvalue weighted by molar-refractivity contribution is 0.106. The van der Waals surface area contributed by atoms with Gasteiger partial charge in [-0.3, -0.25) is 0 Å². The highest BCUT2D eigenvalue weighted by Crippen LogP contribution is 2.22. The van der Waals surface area contributed by atoms with E-state index in [2.05, 4.69) is 12.1 Å². The van der Waals surface area contributed by atoms with E-state index in [1.807, 2.05) is 18.2 Å². The van der Waals surface area contributed by atoms with Crippen LogP contribution in [0.4, 0.5) is 4.79 Å². The Morgan fingerprint density at radius 1 is 1.32 bits per heavy atom. The van der Waals surface area contributed by atoms with Gasteiger partial charge in [0.15, 0.2) is 0 Å².